The maximum Gasteiger partial charge on any atom is 0.261 e. The van der Waals surface area contributed by atoms with Crippen LogP contribution in [0.1, 0.15) is 16.6 Å². The average Bonchev–Trinajstić information content (AvgIpc) is 2.61. The number of thiophene rings is 1. The molecule has 2 N–H and O–H groups in total. The van der Waals surface area contributed by atoms with Crippen LogP contribution in [0.2, 0.25) is 0 Å². The van der Waals surface area contributed by atoms with E-state index in [0.717, 1.165) is 4.47 Å². The first-order chi connectivity index (χ1) is 7.44. The molecule has 0 bridgehead atoms. The van der Waals surface area contributed by atoms with Crippen LogP contribution >= 0.6 is 27.3 Å². The first-order valence-corrected chi connectivity index (χ1v) is 6.35. The molecule has 1 heterocycles. The Hall–Kier alpha value is -0.430. The number of carbonyl (C=O) groups excluding carboxylic acids is 1. The van der Waals surface area contributed by atoms with Gasteiger partial charge in [-0.3, -0.25) is 4.79 Å². The van der Waals surface area contributed by atoms with E-state index < -0.39 is 5.60 Å². The number of hydrogen-bond donors (Lipinski definition) is 2. The van der Waals surface area contributed by atoms with Crippen LogP contribution in [0.3, 0.4) is 0 Å². The zero-order valence-electron chi connectivity index (χ0n) is 9.12. The van der Waals surface area contributed by atoms with Gasteiger partial charge in [-0.15, -0.1) is 11.3 Å². The summed E-state index contributed by atoms with van der Waals surface area (Å²) in [5.41, 5.74) is -1.04. The van der Waals surface area contributed by atoms with Gasteiger partial charge in [0.2, 0.25) is 0 Å². The van der Waals surface area contributed by atoms with E-state index in [1.807, 2.05) is 5.38 Å². The molecule has 16 heavy (non-hydrogen) atoms. The van der Waals surface area contributed by atoms with Crippen LogP contribution in [0.4, 0.5) is 0 Å². The molecule has 1 atom stereocenters. The van der Waals surface area contributed by atoms with E-state index in [4.69, 9.17) is 4.74 Å². The second-order valence-electron chi connectivity index (χ2n) is 3.74. The molecule has 0 aliphatic carbocycles. The third kappa shape index (κ3) is 4.21. The molecule has 0 saturated carbocycles. The van der Waals surface area contributed by atoms with Crippen LogP contribution in [-0.2, 0) is 4.74 Å². The topological polar surface area (TPSA) is 58.6 Å². The van der Waals surface area contributed by atoms with Crippen molar-refractivity contribution in [2.45, 2.75) is 12.5 Å². The highest BCUT2D eigenvalue weighted by molar-refractivity contribution is 9.10. The van der Waals surface area contributed by atoms with Crippen molar-refractivity contribution in [3.05, 3.63) is 20.8 Å². The largest absolute Gasteiger partial charge is 0.386 e. The molecule has 1 aromatic rings. The highest BCUT2D eigenvalue weighted by Crippen LogP contribution is 2.19. The molecular weight excluding hydrogens is 294 g/mol. The Morgan fingerprint density at radius 1 is 1.75 bits per heavy atom. The van der Waals surface area contributed by atoms with Crippen molar-refractivity contribution in [2.24, 2.45) is 0 Å². The molecule has 4 nitrogen and oxygen atoms in total. The zero-order chi connectivity index (χ0) is 12.2. The molecule has 1 aromatic heterocycles. The predicted molar refractivity (Wildman–Crippen MR) is 66.9 cm³/mol. The summed E-state index contributed by atoms with van der Waals surface area (Å²) < 4.78 is 5.72. The Morgan fingerprint density at radius 2 is 2.44 bits per heavy atom. The van der Waals surface area contributed by atoms with Crippen LogP contribution < -0.4 is 5.32 Å². The fourth-order valence-electron chi connectivity index (χ4n) is 1.15. The van der Waals surface area contributed by atoms with Gasteiger partial charge in [0.25, 0.3) is 5.91 Å². The van der Waals surface area contributed by atoms with E-state index in [-0.39, 0.29) is 19.1 Å². The summed E-state index contributed by atoms with van der Waals surface area (Å²) in [7, 11) is 1.51. The number of ether oxygens (including phenoxy) is 1. The van der Waals surface area contributed by atoms with Crippen molar-refractivity contribution in [3.8, 4) is 0 Å². The van der Waals surface area contributed by atoms with Crippen molar-refractivity contribution >= 4 is 33.2 Å². The second kappa shape index (κ2) is 5.77. The van der Waals surface area contributed by atoms with E-state index in [1.54, 1.807) is 13.0 Å². The molecule has 6 heteroatoms. The Kier molecular flexibility index (Phi) is 4.91. The molecule has 1 rings (SSSR count). The number of halogens is 1. The minimum atomic E-state index is -1.04. The molecule has 0 spiro atoms. The number of carbonyl (C=O) groups is 1. The van der Waals surface area contributed by atoms with Gasteiger partial charge in [0.05, 0.1) is 11.5 Å². The summed E-state index contributed by atoms with van der Waals surface area (Å²) in [6.45, 7) is 1.96. The third-order valence-electron chi connectivity index (χ3n) is 1.88. The second-order valence-corrected chi connectivity index (χ2v) is 5.57. The van der Waals surface area contributed by atoms with Gasteiger partial charge >= 0.3 is 0 Å². The molecule has 1 unspecified atom stereocenters. The Bertz CT molecular complexity index is 365. The fraction of sp³-hybridized carbons (Fsp3) is 0.500. The van der Waals surface area contributed by atoms with Gasteiger partial charge in [-0.1, -0.05) is 0 Å². The number of amides is 1. The first-order valence-electron chi connectivity index (χ1n) is 4.68. The molecule has 0 fully saturated rings. The Morgan fingerprint density at radius 3 is 2.94 bits per heavy atom. The van der Waals surface area contributed by atoms with Crippen molar-refractivity contribution in [1.82, 2.24) is 5.32 Å². The molecule has 0 aromatic carbocycles. The Labute approximate surface area is 107 Å². The molecule has 0 radical (unpaired) electrons. The normalized spacial score (nSPS) is 14.5. The van der Waals surface area contributed by atoms with Gasteiger partial charge in [0.1, 0.15) is 5.60 Å². The summed E-state index contributed by atoms with van der Waals surface area (Å²) >= 11 is 4.63. The van der Waals surface area contributed by atoms with E-state index in [2.05, 4.69) is 21.2 Å². The SMILES string of the molecule is COCC(C)(O)CNC(=O)c1cc(Br)cs1. The van der Waals surface area contributed by atoms with E-state index in [0.29, 0.717) is 4.88 Å². The lowest BCUT2D eigenvalue weighted by atomic mass is 10.1. The van der Waals surface area contributed by atoms with Gasteiger partial charge in [-0.2, -0.15) is 0 Å². The summed E-state index contributed by atoms with van der Waals surface area (Å²) in [5, 5.41) is 14.3. The highest BCUT2D eigenvalue weighted by Gasteiger charge is 2.21. The number of hydrogen-bond acceptors (Lipinski definition) is 4. The van der Waals surface area contributed by atoms with Crippen LogP contribution in [0.15, 0.2) is 15.9 Å². The molecule has 0 saturated heterocycles. The maximum absolute atomic E-state index is 11.6. The summed E-state index contributed by atoms with van der Waals surface area (Å²) in [4.78, 5) is 12.2. The van der Waals surface area contributed by atoms with Gasteiger partial charge in [-0.25, -0.2) is 0 Å². The maximum atomic E-state index is 11.6. The smallest absolute Gasteiger partial charge is 0.261 e. The fourth-order valence-corrected chi connectivity index (χ4v) is 2.49. The van der Waals surface area contributed by atoms with Gasteiger partial charge in [-0.05, 0) is 28.9 Å². The van der Waals surface area contributed by atoms with Crippen molar-refractivity contribution in [2.75, 3.05) is 20.3 Å². The first kappa shape index (κ1) is 13.6. The van der Waals surface area contributed by atoms with E-state index in [9.17, 15) is 9.90 Å². The van der Waals surface area contributed by atoms with Crippen molar-refractivity contribution in [1.29, 1.82) is 0 Å². The lowest BCUT2D eigenvalue weighted by Crippen LogP contribution is -2.43. The number of nitrogens with one attached hydrogen (secondary N) is 1. The summed E-state index contributed by atoms with van der Waals surface area (Å²) in [6, 6.07) is 1.74. The molecule has 90 valence electrons. The number of methoxy groups -OCH3 is 1. The molecular formula is C10H14BrNO3S. The van der Waals surface area contributed by atoms with Crippen molar-refractivity contribution < 1.29 is 14.6 Å². The monoisotopic (exact) mass is 307 g/mol. The minimum Gasteiger partial charge on any atom is -0.386 e. The Balaban J connectivity index is 2.47. The third-order valence-corrected chi connectivity index (χ3v) is 3.57. The van der Waals surface area contributed by atoms with Gasteiger partial charge in [0, 0.05) is 23.5 Å². The molecule has 0 aliphatic rings. The summed E-state index contributed by atoms with van der Waals surface area (Å²) in [6.07, 6.45) is 0. The minimum absolute atomic E-state index is 0.162. The average molecular weight is 308 g/mol. The van der Waals surface area contributed by atoms with E-state index >= 15 is 0 Å². The summed E-state index contributed by atoms with van der Waals surface area (Å²) in [5.74, 6) is -0.188. The number of aliphatic hydroxyl groups is 1. The van der Waals surface area contributed by atoms with Gasteiger partial charge < -0.3 is 15.2 Å². The van der Waals surface area contributed by atoms with Crippen LogP contribution in [0.5, 0.6) is 0 Å². The van der Waals surface area contributed by atoms with Crippen LogP contribution in [0, 0.1) is 0 Å². The number of rotatable bonds is 5. The van der Waals surface area contributed by atoms with Gasteiger partial charge in [0.15, 0.2) is 0 Å². The lowest BCUT2D eigenvalue weighted by molar-refractivity contribution is -0.0146. The van der Waals surface area contributed by atoms with Crippen LogP contribution in [0.25, 0.3) is 0 Å². The van der Waals surface area contributed by atoms with Crippen molar-refractivity contribution in [3.63, 3.8) is 0 Å². The molecule has 0 aliphatic heterocycles. The molecule has 1 amide bonds. The quantitative estimate of drug-likeness (QED) is 0.869. The highest BCUT2D eigenvalue weighted by atomic mass is 79.9. The van der Waals surface area contributed by atoms with E-state index in [1.165, 1.54) is 18.4 Å². The standard InChI is InChI=1S/C10H14BrNO3S/c1-10(14,6-15-2)5-12-9(13)8-3-7(11)4-16-8/h3-4,14H,5-6H2,1-2H3,(H,12,13). The van der Waals surface area contributed by atoms with Crippen LogP contribution in [-0.4, -0.2) is 36.9 Å². The lowest BCUT2D eigenvalue weighted by Gasteiger charge is -2.22. The zero-order valence-corrected chi connectivity index (χ0v) is 11.5. The predicted octanol–water partition coefficient (Wildman–Crippen LogP) is 1.64.